The number of rotatable bonds is 0. The zero-order chi connectivity index (χ0) is 12.7. The van der Waals surface area contributed by atoms with Crippen LogP contribution in [0.1, 0.15) is 36.0 Å². The highest BCUT2D eigenvalue weighted by atomic mass is 79.9. The van der Waals surface area contributed by atoms with Crippen molar-refractivity contribution >= 4 is 38.6 Å². The second kappa shape index (κ2) is 4.25. The van der Waals surface area contributed by atoms with E-state index in [-0.39, 0.29) is 5.78 Å². The molecule has 2 rings (SSSR count). The lowest BCUT2D eigenvalue weighted by molar-refractivity contribution is 0.104. The van der Waals surface area contributed by atoms with Gasteiger partial charge in [0.05, 0.1) is 12.1 Å². The van der Waals surface area contributed by atoms with E-state index in [0.717, 1.165) is 20.5 Å². The van der Waals surface area contributed by atoms with Crippen LogP contribution < -0.4 is 0 Å². The van der Waals surface area contributed by atoms with Crippen LogP contribution in [0.5, 0.6) is 0 Å². The number of Topliss-reactive ketones (excluding diaryl/α,β-unsaturated/α-hetero) is 1. The summed E-state index contributed by atoms with van der Waals surface area (Å²) in [5.41, 5.74) is 3.77. The quantitative estimate of drug-likeness (QED) is 0.503. The second-order valence-corrected chi connectivity index (χ2v) is 5.80. The first-order valence-electron chi connectivity index (χ1n) is 5.07. The maximum Gasteiger partial charge on any atom is 0.194 e. The molecule has 4 heteroatoms. The molecule has 0 atom stereocenters. The van der Waals surface area contributed by atoms with Gasteiger partial charge in [0, 0.05) is 25.9 Å². The summed E-state index contributed by atoms with van der Waals surface area (Å²) < 4.78 is 0.828. The molecule has 0 fully saturated rings. The Bertz CT molecular complexity index is 624. The smallest absolute Gasteiger partial charge is 0.194 e. The third-order valence-electron chi connectivity index (χ3n) is 2.71. The molecule has 1 aromatic heterocycles. The summed E-state index contributed by atoms with van der Waals surface area (Å²) in [6.45, 7) is 12.7. The van der Waals surface area contributed by atoms with Crippen LogP contribution in [0.4, 0.5) is 0 Å². The van der Waals surface area contributed by atoms with Gasteiger partial charge in [0.25, 0.3) is 0 Å². The first-order valence-corrected chi connectivity index (χ1v) is 6.74. The molecule has 1 heterocycles. The van der Waals surface area contributed by atoms with Crippen LogP contribution in [-0.2, 0) is 0 Å². The number of hydrogen-bond acceptors (Lipinski definition) is 2. The summed E-state index contributed by atoms with van der Waals surface area (Å²) in [5, 5.41) is 1.90. The molecule has 0 radical (unpaired) electrons. The lowest BCUT2D eigenvalue weighted by atomic mass is 10.0. The maximum absolute atomic E-state index is 12.3. The number of halogens is 1. The Hall–Kier alpha value is -1.18. The fourth-order valence-electron chi connectivity index (χ4n) is 1.96. The number of hydrogen-bond donors (Lipinski definition) is 0. The number of fused-ring (bicyclic) bond motifs is 1. The minimum absolute atomic E-state index is 0.0334. The summed E-state index contributed by atoms with van der Waals surface area (Å²) in [6.07, 6.45) is 0. The molecule has 1 aliphatic rings. The fourth-order valence-corrected chi connectivity index (χ4v) is 3.78. The molecule has 86 valence electrons. The van der Waals surface area contributed by atoms with Crippen molar-refractivity contribution in [2.24, 2.45) is 0 Å². The number of thiophene rings is 1. The molecular formula is C13H10BrNOS. The first-order chi connectivity index (χ1) is 7.99. The third kappa shape index (κ3) is 1.70. The van der Waals surface area contributed by atoms with Crippen molar-refractivity contribution < 1.29 is 4.79 Å². The number of carbonyl (C=O) groups excluding carboxylic acids is 1. The SMILES string of the molecule is [C-]#[N+]/C(C)=C1/C(=C(C)C)C(=O)c2c(Br)csc21. The standard InChI is InChI=1S/C13H10BrNOS/c1-6(2)9-10(7(3)15-4)13-11(12(9)16)8(14)5-17-13/h5H,1-3H3/b10-7-. The molecule has 0 bridgehead atoms. The summed E-state index contributed by atoms with van der Waals surface area (Å²) in [7, 11) is 0. The van der Waals surface area contributed by atoms with Gasteiger partial charge in [-0.15, -0.1) is 11.3 Å². The average molecular weight is 308 g/mol. The summed E-state index contributed by atoms with van der Waals surface area (Å²) in [5.74, 6) is 0.0334. The van der Waals surface area contributed by atoms with E-state index in [1.165, 1.54) is 11.3 Å². The van der Waals surface area contributed by atoms with Crippen LogP contribution in [-0.4, -0.2) is 5.78 Å². The number of nitrogens with zero attached hydrogens (tertiary/aromatic N) is 1. The van der Waals surface area contributed by atoms with Gasteiger partial charge in [-0.25, -0.2) is 4.85 Å². The van der Waals surface area contributed by atoms with Crippen molar-refractivity contribution in [1.29, 1.82) is 0 Å². The van der Waals surface area contributed by atoms with Crippen LogP contribution >= 0.6 is 27.3 Å². The molecule has 0 saturated carbocycles. The van der Waals surface area contributed by atoms with Crippen LogP contribution in [0.3, 0.4) is 0 Å². The van der Waals surface area contributed by atoms with E-state index in [2.05, 4.69) is 20.8 Å². The van der Waals surface area contributed by atoms with Crippen molar-refractivity contribution in [1.82, 2.24) is 0 Å². The lowest BCUT2D eigenvalue weighted by Gasteiger charge is -2.04. The molecule has 0 aliphatic heterocycles. The van der Waals surface area contributed by atoms with Gasteiger partial charge in [0.2, 0.25) is 0 Å². The lowest BCUT2D eigenvalue weighted by Crippen LogP contribution is -1.98. The average Bonchev–Trinajstić information content (AvgIpc) is 2.78. The summed E-state index contributed by atoms with van der Waals surface area (Å²) >= 11 is 4.91. The monoisotopic (exact) mass is 307 g/mol. The maximum atomic E-state index is 12.3. The topological polar surface area (TPSA) is 21.4 Å². The van der Waals surface area contributed by atoms with Crippen LogP contribution in [0, 0.1) is 6.57 Å². The first kappa shape index (κ1) is 12.3. The number of allylic oxidation sites excluding steroid dienone is 4. The molecule has 0 spiro atoms. The van der Waals surface area contributed by atoms with E-state index in [1.54, 1.807) is 6.92 Å². The van der Waals surface area contributed by atoms with E-state index in [4.69, 9.17) is 6.57 Å². The van der Waals surface area contributed by atoms with E-state index in [9.17, 15) is 4.79 Å². The molecule has 1 aliphatic carbocycles. The largest absolute Gasteiger partial charge is 0.289 e. The molecule has 0 aromatic carbocycles. The van der Waals surface area contributed by atoms with Gasteiger partial charge in [0.15, 0.2) is 11.5 Å². The Morgan fingerprint density at radius 1 is 1.35 bits per heavy atom. The van der Waals surface area contributed by atoms with Gasteiger partial charge < -0.3 is 0 Å². The number of carbonyl (C=O) groups is 1. The summed E-state index contributed by atoms with van der Waals surface area (Å²) in [4.78, 5) is 16.7. The minimum Gasteiger partial charge on any atom is -0.289 e. The van der Waals surface area contributed by atoms with Crippen molar-refractivity contribution in [3.63, 3.8) is 0 Å². The predicted octanol–water partition coefficient (Wildman–Crippen LogP) is 4.69. The molecule has 17 heavy (non-hydrogen) atoms. The molecular weight excluding hydrogens is 298 g/mol. The van der Waals surface area contributed by atoms with Crippen LogP contribution in [0.15, 0.2) is 26.7 Å². The zero-order valence-corrected chi connectivity index (χ0v) is 12.1. The van der Waals surface area contributed by atoms with Crippen molar-refractivity contribution in [3.8, 4) is 0 Å². The van der Waals surface area contributed by atoms with Gasteiger partial charge >= 0.3 is 0 Å². The Balaban J connectivity index is 2.87. The Morgan fingerprint density at radius 3 is 2.53 bits per heavy atom. The number of ketones is 1. The van der Waals surface area contributed by atoms with Gasteiger partial charge in [-0.2, -0.15) is 0 Å². The van der Waals surface area contributed by atoms with Crippen molar-refractivity contribution in [3.05, 3.63) is 48.6 Å². The summed E-state index contributed by atoms with van der Waals surface area (Å²) in [6, 6.07) is 0. The zero-order valence-electron chi connectivity index (χ0n) is 9.72. The predicted molar refractivity (Wildman–Crippen MR) is 73.9 cm³/mol. The van der Waals surface area contributed by atoms with Crippen molar-refractivity contribution in [2.75, 3.05) is 0 Å². The highest BCUT2D eigenvalue weighted by molar-refractivity contribution is 9.10. The van der Waals surface area contributed by atoms with Crippen LogP contribution in [0.25, 0.3) is 10.4 Å². The molecule has 0 saturated heterocycles. The fraction of sp³-hybridized carbons (Fsp3) is 0.231. The van der Waals surface area contributed by atoms with Gasteiger partial charge in [-0.3, -0.25) is 4.79 Å². The highest BCUT2D eigenvalue weighted by Gasteiger charge is 2.35. The Kier molecular flexibility index (Phi) is 3.07. The molecule has 0 unspecified atom stereocenters. The van der Waals surface area contributed by atoms with Crippen molar-refractivity contribution in [2.45, 2.75) is 20.8 Å². The van der Waals surface area contributed by atoms with E-state index >= 15 is 0 Å². The Labute approximate surface area is 113 Å². The molecule has 0 amide bonds. The highest BCUT2D eigenvalue weighted by Crippen LogP contribution is 2.46. The third-order valence-corrected chi connectivity index (χ3v) is 4.63. The molecule has 2 nitrogen and oxygen atoms in total. The van der Waals surface area contributed by atoms with E-state index in [0.29, 0.717) is 16.8 Å². The van der Waals surface area contributed by atoms with Crippen LogP contribution in [0.2, 0.25) is 0 Å². The Morgan fingerprint density at radius 2 is 2.00 bits per heavy atom. The normalized spacial score (nSPS) is 16.9. The molecule has 0 N–H and O–H groups in total. The molecule has 1 aromatic rings. The van der Waals surface area contributed by atoms with Gasteiger partial charge in [-0.05, 0) is 36.7 Å². The minimum atomic E-state index is 0.0334. The van der Waals surface area contributed by atoms with E-state index in [1.807, 2.05) is 19.2 Å². The van der Waals surface area contributed by atoms with E-state index < -0.39 is 0 Å². The second-order valence-electron chi connectivity index (χ2n) is 4.06. The van der Waals surface area contributed by atoms with Gasteiger partial charge in [-0.1, -0.05) is 5.57 Å². The van der Waals surface area contributed by atoms with Gasteiger partial charge in [0.1, 0.15) is 0 Å².